The molecule has 234 valence electrons. The van der Waals surface area contributed by atoms with Crippen LogP contribution < -0.4 is 0 Å². The Kier molecular flexibility index (Phi) is 6.38. The summed E-state index contributed by atoms with van der Waals surface area (Å²) in [6.07, 6.45) is 6.22. The van der Waals surface area contributed by atoms with Crippen molar-refractivity contribution >= 4 is 21.9 Å². The average molecular weight is 632 g/mol. The Balaban J connectivity index is 1.16. The van der Waals surface area contributed by atoms with Crippen molar-refractivity contribution in [2.75, 3.05) is 0 Å². The normalized spacial score (nSPS) is 14.7. The molecule has 2 aromatic heterocycles. The van der Waals surface area contributed by atoms with E-state index in [1.807, 2.05) is 42.5 Å². The maximum absolute atomic E-state index is 6.43. The second-order valence-electron chi connectivity index (χ2n) is 13.5. The van der Waals surface area contributed by atoms with Crippen LogP contribution in [0.5, 0.6) is 0 Å². The van der Waals surface area contributed by atoms with E-state index < -0.39 is 0 Å². The van der Waals surface area contributed by atoms with Crippen molar-refractivity contribution in [2.24, 2.45) is 0 Å². The van der Waals surface area contributed by atoms with E-state index in [9.17, 15) is 0 Å². The molecule has 2 aliphatic carbocycles. The first kappa shape index (κ1) is 28.2. The fourth-order valence-electron chi connectivity index (χ4n) is 8.57. The van der Waals surface area contributed by atoms with E-state index in [0.29, 0.717) is 17.5 Å². The summed E-state index contributed by atoms with van der Waals surface area (Å²) >= 11 is 0. The fraction of sp³-hybridized carbons (Fsp3) is 0.133. The van der Waals surface area contributed by atoms with Crippen LogP contribution in [0, 0.1) is 0 Å². The minimum absolute atomic E-state index is 0.0584. The summed E-state index contributed by atoms with van der Waals surface area (Å²) in [5.41, 5.74) is 12.7. The van der Waals surface area contributed by atoms with Gasteiger partial charge in [-0.05, 0) is 64.4 Å². The van der Waals surface area contributed by atoms with Crippen LogP contribution in [0.1, 0.15) is 43.2 Å². The zero-order chi connectivity index (χ0) is 32.4. The number of para-hydroxylation sites is 2. The highest BCUT2D eigenvalue weighted by molar-refractivity contribution is 6.09. The Morgan fingerprint density at radius 1 is 0.449 bits per heavy atom. The largest absolute Gasteiger partial charge is 0.455 e. The van der Waals surface area contributed by atoms with Gasteiger partial charge in [0.05, 0.1) is 5.56 Å². The number of furan rings is 1. The smallest absolute Gasteiger partial charge is 0.167 e. The van der Waals surface area contributed by atoms with Crippen LogP contribution >= 0.6 is 0 Å². The third-order valence-electron chi connectivity index (χ3n) is 10.7. The van der Waals surface area contributed by atoms with Gasteiger partial charge in [-0.3, -0.25) is 0 Å². The van der Waals surface area contributed by atoms with E-state index in [1.54, 1.807) is 0 Å². The third kappa shape index (κ3) is 4.40. The van der Waals surface area contributed by atoms with E-state index in [1.165, 1.54) is 65.5 Å². The maximum Gasteiger partial charge on any atom is 0.167 e. The molecule has 8 aromatic rings. The Bertz CT molecular complexity index is 2540. The van der Waals surface area contributed by atoms with Crippen molar-refractivity contribution in [1.29, 1.82) is 0 Å². The lowest BCUT2D eigenvalue weighted by molar-refractivity contribution is 0.353. The lowest BCUT2D eigenvalue weighted by Gasteiger charge is -2.37. The van der Waals surface area contributed by atoms with Crippen molar-refractivity contribution < 1.29 is 4.42 Å². The van der Waals surface area contributed by atoms with E-state index >= 15 is 0 Å². The van der Waals surface area contributed by atoms with Crippen molar-refractivity contribution in [3.05, 3.63) is 151 Å². The first-order valence-electron chi connectivity index (χ1n) is 17.3. The maximum atomic E-state index is 6.43. The molecular weight excluding hydrogens is 599 g/mol. The van der Waals surface area contributed by atoms with Gasteiger partial charge in [-0.15, -0.1) is 0 Å². The van der Waals surface area contributed by atoms with Crippen LogP contribution in [0.25, 0.3) is 78.4 Å². The fourth-order valence-corrected chi connectivity index (χ4v) is 8.57. The predicted octanol–water partition coefficient (Wildman–Crippen LogP) is 11.7. The van der Waals surface area contributed by atoms with Crippen LogP contribution in [-0.4, -0.2) is 15.0 Å². The highest BCUT2D eigenvalue weighted by Gasteiger charge is 2.45. The zero-order valence-corrected chi connectivity index (χ0v) is 27.1. The van der Waals surface area contributed by atoms with Gasteiger partial charge >= 0.3 is 0 Å². The average Bonchev–Trinajstić information content (AvgIpc) is 3.69. The van der Waals surface area contributed by atoms with Crippen molar-refractivity contribution in [3.8, 4) is 56.4 Å². The summed E-state index contributed by atoms with van der Waals surface area (Å²) in [7, 11) is 0. The number of nitrogens with zero attached hydrogens (tertiary/aromatic N) is 3. The van der Waals surface area contributed by atoms with E-state index in [2.05, 4.69) is 97.1 Å². The molecule has 4 nitrogen and oxygen atoms in total. The Morgan fingerprint density at radius 3 is 1.96 bits per heavy atom. The Labute approximate surface area is 285 Å². The van der Waals surface area contributed by atoms with Gasteiger partial charge < -0.3 is 4.42 Å². The van der Waals surface area contributed by atoms with Crippen LogP contribution in [0.3, 0.4) is 0 Å². The van der Waals surface area contributed by atoms with Gasteiger partial charge in [-0.25, -0.2) is 15.0 Å². The van der Waals surface area contributed by atoms with Crippen LogP contribution in [0.2, 0.25) is 0 Å². The number of fused-ring (bicyclic) bond motifs is 8. The van der Waals surface area contributed by atoms with Gasteiger partial charge in [0.25, 0.3) is 0 Å². The molecule has 0 radical (unpaired) electrons. The summed E-state index contributed by atoms with van der Waals surface area (Å²) in [5.74, 6) is 1.87. The van der Waals surface area contributed by atoms with Crippen LogP contribution in [-0.2, 0) is 5.41 Å². The molecule has 0 unspecified atom stereocenters. The topological polar surface area (TPSA) is 51.8 Å². The molecule has 4 heteroatoms. The molecule has 0 bridgehead atoms. The summed E-state index contributed by atoms with van der Waals surface area (Å²) in [4.78, 5) is 15.3. The standard InChI is InChI=1S/C45H33N3O/c1-3-14-29(15-4-1)42-46-43(48-44(47-42)37-23-13-22-36-34-19-6-8-25-39(34)49-41(36)37)31-17-11-16-30(28-31)32-20-12-21-35-33-18-5-7-24-38(33)45(40(32)35)26-9-2-10-27-45/h1,3-8,11-25,28H,2,9-10,26-27H2. The lowest BCUT2D eigenvalue weighted by atomic mass is 9.66. The second-order valence-corrected chi connectivity index (χ2v) is 13.5. The van der Waals surface area contributed by atoms with Crippen molar-refractivity contribution in [1.82, 2.24) is 15.0 Å². The van der Waals surface area contributed by atoms with Gasteiger partial charge in [0, 0.05) is 27.3 Å². The molecule has 1 saturated carbocycles. The first-order chi connectivity index (χ1) is 24.3. The SMILES string of the molecule is c1ccc(-c2nc(-c3cccc(-c4cccc5c4C4(CCCCC4)c4ccccc4-5)c3)nc(-c3cccc4c3oc3ccccc34)n2)cc1. The lowest BCUT2D eigenvalue weighted by Crippen LogP contribution is -2.28. The van der Waals surface area contributed by atoms with E-state index in [-0.39, 0.29) is 5.41 Å². The highest BCUT2D eigenvalue weighted by Crippen LogP contribution is 2.58. The molecule has 2 heterocycles. The number of benzene rings is 6. The summed E-state index contributed by atoms with van der Waals surface area (Å²) in [6, 6.07) is 49.3. The van der Waals surface area contributed by atoms with Gasteiger partial charge in [-0.2, -0.15) is 0 Å². The van der Waals surface area contributed by atoms with E-state index in [4.69, 9.17) is 19.4 Å². The summed E-state index contributed by atoms with van der Waals surface area (Å²) < 4.78 is 6.43. The molecule has 0 N–H and O–H groups in total. The molecule has 0 aliphatic heterocycles. The number of rotatable bonds is 4. The van der Waals surface area contributed by atoms with E-state index in [0.717, 1.165) is 38.6 Å². The van der Waals surface area contributed by atoms with Gasteiger partial charge in [0.1, 0.15) is 11.2 Å². The molecule has 0 atom stereocenters. The van der Waals surface area contributed by atoms with Gasteiger partial charge in [0.15, 0.2) is 17.5 Å². The Morgan fingerprint density at radius 2 is 1.06 bits per heavy atom. The molecular formula is C45H33N3O. The number of hydrogen-bond donors (Lipinski definition) is 0. The highest BCUT2D eigenvalue weighted by atomic mass is 16.3. The predicted molar refractivity (Wildman–Crippen MR) is 198 cm³/mol. The molecule has 2 aliphatic rings. The molecule has 49 heavy (non-hydrogen) atoms. The Hall–Kier alpha value is -5.87. The second kappa shape index (κ2) is 11.1. The first-order valence-corrected chi connectivity index (χ1v) is 17.3. The molecule has 1 spiro atoms. The van der Waals surface area contributed by atoms with Gasteiger partial charge in [0.2, 0.25) is 0 Å². The molecule has 0 saturated heterocycles. The minimum Gasteiger partial charge on any atom is -0.455 e. The number of hydrogen-bond acceptors (Lipinski definition) is 4. The summed E-state index contributed by atoms with van der Waals surface area (Å²) in [5, 5.41) is 2.13. The minimum atomic E-state index is 0.0584. The number of aromatic nitrogens is 3. The third-order valence-corrected chi connectivity index (χ3v) is 10.7. The van der Waals surface area contributed by atoms with Crippen molar-refractivity contribution in [3.63, 3.8) is 0 Å². The van der Waals surface area contributed by atoms with Gasteiger partial charge in [-0.1, -0.05) is 141 Å². The molecule has 0 amide bonds. The van der Waals surface area contributed by atoms with Crippen LogP contribution in [0.4, 0.5) is 0 Å². The quantitative estimate of drug-likeness (QED) is 0.194. The zero-order valence-electron chi connectivity index (χ0n) is 27.1. The monoisotopic (exact) mass is 631 g/mol. The molecule has 1 fully saturated rings. The molecule has 6 aromatic carbocycles. The van der Waals surface area contributed by atoms with Crippen LogP contribution in [0.15, 0.2) is 144 Å². The van der Waals surface area contributed by atoms with Crippen molar-refractivity contribution in [2.45, 2.75) is 37.5 Å². The molecule has 10 rings (SSSR count). The summed E-state index contributed by atoms with van der Waals surface area (Å²) in [6.45, 7) is 0.